The highest BCUT2D eigenvalue weighted by Gasteiger charge is 2.28. The Morgan fingerprint density at radius 1 is 0.956 bits per heavy atom. The minimum atomic E-state index is -1.03. The normalized spacial score (nSPS) is 15.2. The van der Waals surface area contributed by atoms with Crippen LogP contribution >= 0.6 is 0 Å². The maximum atomic E-state index is 13.7. The lowest BCUT2D eigenvalue weighted by molar-refractivity contribution is -0.117. The molecule has 7 nitrogen and oxygen atoms in total. The molecule has 9 heteroatoms. The summed E-state index contributed by atoms with van der Waals surface area (Å²) in [5.41, 5.74) is 3.78. The highest BCUT2D eigenvalue weighted by molar-refractivity contribution is 6.26. The highest BCUT2D eigenvalue weighted by atomic mass is 19.2. The Bertz CT molecular complexity index is 1990. The van der Waals surface area contributed by atoms with Crippen LogP contribution in [0, 0.1) is 11.6 Å². The fraction of sp³-hybridized carbons (Fsp3) is 0.139. The van der Waals surface area contributed by atoms with E-state index >= 15 is 0 Å². The van der Waals surface area contributed by atoms with Crippen molar-refractivity contribution >= 4 is 34.9 Å². The Kier molecular flexibility index (Phi) is 8.24. The van der Waals surface area contributed by atoms with Crippen LogP contribution in [0.2, 0.25) is 0 Å². The van der Waals surface area contributed by atoms with E-state index in [1.165, 1.54) is 29.0 Å². The van der Waals surface area contributed by atoms with Crippen molar-refractivity contribution in [3.8, 4) is 0 Å². The van der Waals surface area contributed by atoms with E-state index < -0.39 is 34.8 Å². The SMILES string of the molecule is O=C1Cc2ccc(NC(=O)[C@H](CC(=O)c3cccn(Cc4ccc(F)c(F)c4)c3=O)c3ccccc3)cc2/C1=C/C1=CN=CC1. The first-order valence-electron chi connectivity index (χ1n) is 14.4. The molecule has 0 bridgehead atoms. The van der Waals surface area contributed by atoms with Crippen molar-refractivity contribution in [2.24, 2.45) is 4.99 Å². The molecular weight excluding hydrogens is 576 g/mol. The molecular formula is C36H27F2N3O4. The molecule has 0 fully saturated rings. The number of pyridine rings is 1. The Labute approximate surface area is 257 Å². The van der Waals surface area contributed by atoms with Crippen molar-refractivity contribution in [3.63, 3.8) is 0 Å². The van der Waals surface area contributed by atoms with E-state index in [4.69, 9.17) is 0 Å². The number of fused-ring (bicyclic) bond motifs is 1. The van der Waals surface area contributed by atoms with Crippen LogP contribution in [0.5, 0.6) is 0 Å². The molecule has 1 aliphatic carbocycles. The number of Topliss-reactive ketones (excluding diaryl/α,β-unsaturated/α-hetero) is 2. The van der Waals surface area contributed by atoms with Gasteiger partial charge in [0.15, 0.2) is 23.2 Å². The third kappa shape index (κ3) is 6.38. The Hall–Kier alpha value is -5.57. The van der Waals surface area contributed by atoms with Gasteiger partial charge in [-0.2, -0.15) is 0 Å². The number of carbonyl (C=O) groups is 3. The number of carbonyl (C=O) groups excluding carboxylic acids is 3. The van der Waals surface area contributed by atoms with Crippen LogP contribution in [-0.4, -0.2) is 28.3 Å². The number of anilines is 1. The molecule has 2 heterocycles. The lowest BCUT2D eigenvalue weighted by Crippen LogP contribution is -2.29. The number of nitrogens with one attached hydrogen (secondary N) is 1. The van der Waals surface area contributed by atoms with Gasteiger partial charge < -0.3 is 9.88 Å². The average Bonchev–Trinajstić information content (AvgIpc) is 3.66. The summed E-state index contributed by atoms with van der Waals surface area (Å²) in [6.45, 7) is -0.0681. The van der Waals surface area contributed by atoms with Gasteiger partial charge in [0.2, 0.25) is 5.91 Å². The van der Waals surface area contributed by atoms with E-state index in [1.807, 2.05) is 12.1 Å². The van der Waals surface area contributed by atoms with Crippen LogP contribution < -0.4 is 10.9 Å². The average molecular weight is 604 g/mol. The van der Waals surface area contributed by atoms with Crippen molar-refractivity contribution < 1.29 is 23.2 Å². The van der Waals surface area contributed by atoms with Gasteiger partial charge in [0.1, 0.15) is 0 Å². The zero-order chi connectivity index (χ0) is 31.5. The first-order valence-corrected chi connectivity index (χ1v) is 14.4. The molecule has 0 unspecified atom stereocenters. The first-order chi connectivity index (χ1) is 21.8. The van der Waals surface area contributed by atoms with Gasteiger partial charge >= 0.3 is 0 Å². The standard InChI is InChI=1S/C36H27F2N3O4/c37-31-11-8-23(16-32(31)38)21-41-14-4-7-27(36(41)45)34(43)19-29(24-5-2-1-3-6-24)35(44)40-26-10-9-25-17-33(42)30(28(25)18-26)15-22-12-13-39-20-22/h1-11,13-16,18,20,29H,12,17,19,21H2,(H,40,44)/b30-15-/t29-/m1/s1. The van der Waals surface area contributed by atoms with E-state index in [-0.39, 0.29) is 30.7 Å². The van der Waals surface area contributed by atoms with Crippen LogP contribution in [0.4, 0.5) is 14.5 Å². The topological polar surface area (TPSA) is 97.6 Å². The number of allylic oxidation sites excluding steroid dienone is 3. The number of hydrogen-bond donors (Lipinski definition) is 1. The number of ketones is 2. The molecule has 2 aliphatic rings. The largest absolute Gasteiger partial charge is 0.326 e. The molecule has 0 saturated carbocycles. The van der Waals surface area contributed by atoms with Crippen LogP contribution in [0.1, 0.15) is 51.4 Å². The van der Waals surface area contributed by atoms with E-state index in [9.17, 15) is 28.0 Å². The molecule has 1 N–H and O–H groups in total. The maximum absolute atomic E-state index is 13.7. The summed E-state index contributed by atoms with van der Waals surface area (Å²) >= 11 is 0. The summed E-state index contributed by atoms with van der Waals surface area (Å²) in [6.07, 6.45) is 7.41. The molecule has 1 atom stereocenters. The lowest BCUT2D eigenvalue weighted by Gasteiger charge is -2.18. The smallest absolute Gasteiger partial charge is 0.261 e. The summed E-state index contributed by atoms with van der Waals surface area (Å²) in [6, 6.07) is 20.4. The molecule has 224 valence electrons. The number of aliphatic imine (C=N–C) groups is 1. The first kappa shape index (κ1) is 29.5. The number of halogens is 2. The Morgan fingerprint density at radius 2 is 1.78 bits per heavy atom. The van der Waals surface area contributed by atoms with Gasteiger partial charge in [-0.05, 0) is 70.3 Å². The molecule has 0 spiro atoms. The molecule has 3 aromatic carbocycles. The van der Waals surface area contributed by atoms with Gasteiger partial charge in [-0.15, -0.1) is 0 Å². The maximum Gasteiger partial charge on any atom is 0.261 e. The van der Waals surface area contributed by atoms with Crippen LogP contribution in [0.15, 0.2) is 113 Å². The summed E-state index contributed by atoms with van der Waals surface area (Å²) < 4.78 is 28.3. The molecule has 4 aromatic rings. The number of rotatable bonds is 9. The summed E-state index contributed by atoms with van der Waals surface area (Å²) in [4.78, 5) is 57.4. The summed E-state index contributed by atoms with van der Waals surface area (Å²) in [5.74, 6) is -3.96. The number of amides is 1. The quantitative estimate of drug-likeness (QED) is 0.186. The van der Waals surface area contributed by atoms with Crippen LogP contribution in [-0.2, 0) is 22.6 Å². The van der Waals surface area contributed by atoms with Gasteiger partial charge in [-0.3, -0.25) is 24.2 Å². The van der Waals surface area contributed by atoms with Gasteiger partial charge in [-0.25, -0.2) is 8.78 Å². The molecule has 6 rings (SSSR count). The van der Waals surface area contributed by atoms with E-state index in [1.54, 1.807) is 54.9 Å². The van der Waals surface area contributed by atoms with Gasteiger partial charge in [0.25, 0.3) is 5.56 Å². The van der Waals surface area contributed by atoms with Crippen molar-refractivity contribution in [2.75, 3.05) is 5.32 Å². The minimum Gasteiger partial charge on any atom is -0.326 e. The summed E-state index contributed by atoms with van der Waals surface area (Å²) in [7, 11) is 0. The Balaban J connectivity index is 1.24. The Morgan fingerprint density at radius 3 is 2.53 bits per heavy atom. The van der Waals surface area contributed by atoms with E-state index in [0.717, 1.165) is 28.8 Å². The van der Waals surface area contributed by atoms with Crippen molar-refractivity contribution in [1.29, 1.82) is 0 Å². The van der Waals surface area contributed by atoms with E-state index in [2.05, 4.69) is 10.3 Å². The zero-order valence-electron chi connectivity index (χ0n) is 24.0. The number of nitrogens with zero attached hydrogens (tertiary/aromatic N) is 2. The lowest BCUT2D eigenvalue weighted by atomic mass is 9.91. The van der Waals surface area contributed by atoms with Gasteiger partial charge in [0, 0.05) is 49.1 Å². The second-order valence-corrected chi connectivity index (χ2v) is 11.0. The predicted octanol–water partition coefficient (Wildman–Crippen LogP) is 6.04. The van der Waals surface area contributed by atoms with Crippen molar-refractivity contribution in [2.45, 2.75) is 31.7 Å². The molecule has 0 radical (unpaired) electrons. The van der Waals surface area contributed by atoms with Crippen molar-refractivity contribution in [1.82, 2.24) is 4.57 Å². The minimum absolute atomic E-state index is 0.00730. The van der Waals surface area contributed by atoms with Crippen LogP contribution in [0.25, 0.3) is 5.57 Å². The van der Waals surface area contributed by atoms with Gasteiger partial charge in [0.05, 0.1) is 18.0 Å². The molecule has 45 heavy (non-hydrogen) atoms. The number of benzene rings is 3. The zero-order valence-corrected chi connectivity index (χ0v) is 24.0. The van der Waals surface area contributed by atoms with E-state index in [0.29, 0.717) is 28.8 Å². The molecule has 0 saturated heterocycles. The number of aromatic nitrogens is 1. The third-order valence-corrected chi connectivity index (χ3v) is 7.89. The fourth-order valence-corrected chi connectivity index (χ4v) is 5.56. The molecule has 1 aliphatic heterocycles. The number of hydrogen-bond acceptors (Lipinski definition) is 5. The van der Waals surface area contributed by atoms with Gasteiger partial charge in [-0.1, -0.05) is 42.5 Å². The summed E-state index contributed by atoms with van der Waals surface area (Å²) in [5, 5.41) is 2.91. The van der Waals surface area contributed by atoms with Crippen LogP contribution in [0.3, 0.4) is 0 Å². The second-order valence-electron chi connectivity index (χ2n) is 11.0. The second kappa shape index (κ2) is 12.6. The predicted molar refractivity (Wildman–Crippen MR) is 167 cm³/mol. The third-order valence-electron chi connectivity index (χ3n) is 7.89. The molecule has 1 aromatic heterocycles. The van der Waals surface area contributed by atoms with Crippen molar-refractivity contribution in [3.05, 3.63) is 153 Å². The monoisotopic (exact) mass is 603 g/mol. The fourth-order valence-electron chi connectivity index (χ4n) is 5.56. The molecule has 1 amide bonds. The highest BCUT2D eigenvalue weighted by Crippen LogP contribution is 2.34.